The van der Waals surface area contributed by atoms with E-state index in [2.05, 4.69) is 68.0 Å². The molecule has 0 radical (unpaired) electrons. The molecule has 0 unspecified atom stereocenters. The molecule has 26 heavy (non-hydrogen) atoms. The Morgan fingerprint density at radius 2 is 1.92 bits per heavy atom. The summed E-state index contributed by atoms with van der Waals surface area (Å²) in [7, 11) is 2.12. The number of likely N-dealkylation sites (N-methyl/N-ethyl adjacent to an activating group) is 1. The summed E-state index contributed by atoms with van der Waals surface area (Å²) in [5.41, 5.74) is 7.28. The first-order valence-electron chi connectivity index (χ1n) is 10.0. The van der Waals surface area contributed by atoms with Crippen LogP contribution in [-0.2, 0) is 11.3 Å². The standard InChI is InChI=1S/C22H35N3O/c1-22(2,3)12-20(21(23)26)24(4)19-11-10-17-14-25(15-18(17)19)13-16-8-6-5-7-9-16/h5-9,17-20H,10-15H2,1-4H3,(H2,23,26)/t17-,18+,19+,20+/m1/s1. The van der Waals surface area contributed by atoms with Crippen molar-refractivity contribution in [2.75, 3.05) is 20.1 Å². The van der Waals surface area contributed by atoms with Crippen molar-refractivity contribution in [2.24, 2.45) is 23.0 Å². The van der Waals surface area contributed by atoms with Crippen LogP contribution in [0.1, 0.15) is 45.6 Å². The Labute approximate surface area is 158 Å². The number of likely N-dealkylation sites (tertiary alicyclic amines) is 1. The minimum absolute atomic E-state index is 0.0982. The van der Waals surface area contributed by atoms with Crippen molar-refractivity contribution in [3.8, 4) is 0 Å². The lowest BCUT2D eigenvalue weighted by atomic mass is 9.86. The number of nitrogens with zero attached hydrogens (tertiary/aromatic N) is 2. The zero-order valence-electron chi connectivity index (χ0n) is 16.8. The third-order valence-corrected chi connectivity index (χ3v) is 6.29. The topological polar surface area (TPSA) is 49.6 Å². The fourth-order valence-corrected chi connectivity index (χ4v) is 5.06. The van der Waals surface area contributed by atoms with E-state index < -0.39 is 0 Å². The van der Waals surface area contributed by atoms with E-state index in [4.69, 9.17) is 5.73 Å². The number of hydrogen-bond donors (Lipinski definition) is 1. The molecule has 3 rings (SSSR count). The predicted octanol–water partition coefficient (Wildman–Crippen LogP) is 3.12. The minimum atomic E-state index is -0.176. The average Bonchev–Trinajstić information content (AvgIpc) is 3.12. The second-order valence-electron chi connectivity index (χ2n) is 9.60. The average molecular weight is 358 g/mol. The van der Waals surface area contributed by atoms with E-state index in [1.54, 1.807) is 0 Å². The highest BCUT2D eigenvalue weighted by Crippen LogP contribution is 2.42. The van der Waals surface area contributed by atoms with Crippen LogP contribution in [0.2, 0.25) is 0 Å². The van der Waals surface area contributed by atoms with Gasteiger partial charge in [-0.3, -0.25) is 14.6 Å². The van der Waals surface area contributed by atoms with Gasteiger partial charge in [-0.25, -0.2) is 0 Å². The molecule has 4 heteroatoms. The number of carbonyl (C=O) groups is 1. The highest BCUT2D eigenvalue weighted by molar-refractivity contribution is 5.79. The summed E-state index contributed by atoms with van der Waals surface area (Å²) in [4.78, 5) is 17.0. The molecular formula is C22H35N3O. The largest absolute Gasteiger partial charge is 0.368 e. The number of nitrogens with two attached hydrogens (primary N) is 1. The molecular weight excluding hydrogens is 322 g/mol. The molecule has 1 saturated carbocycles. The van der Waals surface area contributed by atoms with Crippen molar-refractivity contribution < 1.29 is 4.79 Å². The van der Waals surface area contributed by atoms with Crippen LogP contribution in [0.15, 0.2) is 30.3 Å². The Bertz CT molecular complexity index is 610. The number of benzene rings is 1. The van der Waals surface area contributed by atoms with Crippen LogP contribution in [-0.4, -0.2) is 47.9 Å². The zero-order valence-corrected chi connectivity index (χ0v) is 16.8. The normalized spacial score (nSPS) is 27.7. The van der Waals surface area contributed by atoms with Crippen LogP contribution in [0, 0.1) is 17.3 Å². The predicted molar refractivity (Wildman–Crippen MR) is 107 cm³/mol. The van der Waals surface area contributed by atoms with Gasteiger partial charge in [0, 0.05) is 25.7 Å². The Hall–Kier alpha value is -1.39. The number of fused-ring (bicyclic) bond motifs is 1. The first kappa shape index (κ1) is 19.4. The van der Waals surface area contributed by atoms with E-state index in [1.807, 2.05) is 0 Å². The number of primary amides is 1. The van der Waals surface area contributed by atoms with Crippen molar-refractivity contribution in [3.05, 3.63) is 35.9 Å². The lowest BCUT2D eigenvalue weighted by Crippen LogP contribution is -2.51. The van der Waals surface area contributed by atoms with Crippen molar-refractivity contribution in [1.29, 1.82) is 0 Å². The van der Waals surface area contributed by atoms with E-state index in [-0.39, 0.29) is 17.4 Å². The number of rotatable bonds is 6. The molecule has 1 saturated heterocycles. The first-order chi connectivity index (χ1) is 12.2. The molecule has 4 atom stereocenters. The van der Waals surface area contributed by atoms with Crippen LogP contribution >= 0.6 is 0 Å². The zero-order chi connectivity index (χ0) is 18.9. The molecule has 144 valence electrons. The van der Waals surface area contributed by atoms with Gasteiger partial charge in [-0.2, -0.15) is 0 Å². The van der Waals surface area contributed by atoms with Gasteiger partial charge in [0.25, 0.3) is 0 Å². The second-order valence-corrected chi connectivity index (χ2v) is 9.60. The van der Waals surface area contributed by atoms with Crippen LogP contribution < -0.4 is 5.73 Å². The van der Waals surface area contributed by atoms with Gasteiger partial charge in [-0.05, 0) is 49.1 Å². The molecule has 1 aliphatic carbocycles. The summed E-state index contributed by atoms with van der Waals surface area (Å²) in [6.45, 7) is 9.91. The second kappa shape index (κ2) is 7.69. The molecule has 2 N–H and O–H groups in total. The molecule has 2 fully saturated rings. The molecule has 1 heterocycles. The minimum Gasteiger partial charge on any atom is -0.368 e. The van der Waals surface area contributed by atoms with Crippen LogP contribution in [0.5, 0.6) is 0 Å². The van der Waals surface area contributed by atoms with Gasteiger partial charge < -0.3 is 5.73 Å². The van der Waals surface area contributed by atoms with Crippen LogP contribution in [0.4, 0.5) is 0 Å². The van der Waals surface area contributed by atoms with Crippen molar-refractivity contribution >= 4 is 5.91 Å². The van der Waals surface area contributed by atoms with Gasteiger partial charge in [0.1, 0.15) is 0 Å². The van der Waals surface area contributed by atoms with E-state index in [0.29, 0.717) is 12.0 Å². The maximum atomic E-state index is 12.1. The lowest BCUT2D eigenvalue weighted by molar-refractivity contribution is -0.125. The quantitative estimate of drug-likeness (QED) is 0.851. The Morgan fingerprint density at radius 1 is 1.23 bits per heavy atom. The summed E-state index contributed by atoms with van der Waals surface area (Å²) >= 11 is 0. The molecule has 1 aromatic rings. The fourth-order valence-electron chi connectivity index (χ4n) is 5.06. The summed E-state index contributed by atoms with van der Waals surface area (Å²) in [6, 6.07) is 11.0. The molecule has 1 aromatic carbocycles. The Kier molecular flexibility index (Phi) is 5.73. The van der Waals surface area contributed by atoms with Crippen molar-refractivity contribution in [2.45, 2.75) is 58.7 Å². The monoisotopic (exact) mass is 357 g/mol. The molecule has 1 amide bonds. The van der Waals surface area contributed by atoms with E-state index in [9.17, 15) is 4.79 Å². The number of hydrogen-bond acceptors (Lipinski definition) is 3. The highest BCUT2D eigenvalue weighted by Gasteiger charge is 2.46. The maximum Gasteiger partial charge on any atom is 0.234 e. The summed E-state index contributed by atoms with van der Waals surface area (Å²) in [5, 5.41) is 0. The van der Waals surface area contributed by atoms with E-state index >= 15 is 0 Å². The molecule has 4 nitrogen and oxygen atoms in total. The SMILES string of the molecule is CN([C@@H](CC(C)(C)C)C(N)=O)[C@H]1CC[C@@H]2CN(Cc3ccccc3)C[C@@H]21. The molecule has 2 aliphatic rings. The number of carbonyl (C=O) groups excluding carboxylic acids is 1. The van der Waals surface area contributed by atoms with Crippen LogP contribution in [0.25, 0.3) is 0 Å². The Morgan fingerprint density at radius 3 is 2.54 bits per heavy atom. The molecule has 0 spiro atoms. The first-order valence-corrected chi connectivity index (χ1v) is 10.0. The summed E-state index contributed by atoms with van der Waals surface area (Å²) < 4.78 is 0. The van der Waals surface area contributed by atoms with Crippen molar-refractivity contribution in [3.63, 3.8) is 0 Å². The molecule has 0 bridgehead atoms. The maximum absolute atomic E-state index is 12.1. The summed E-state index contributed by atoms with van der Waals surface area (Å²) in [5.74, 6) is 1.24. The van der Waals surface area contributed by atoms with Gasteiger partial charge in [-0.15, -0.1) is 0 Å². The highest BCUT2D eigenvalue weighted by atomic mass is 16.1. The molecule has 0 aromatic heterocycles. The van der Waals surface area contributed by atoms with Crippen LogP contribution in [0.3, 0.4) is 0 Å². The van der Waals surface area contributed by atoms with Crippen molar-refractivity contribution in [1.82, 2.24) is 9.80 Å². The Balaban J connectivity index is 1.65. The number of amides is 1. The van der Waals surface area contributed by atoms with E-state index in [1.165, 1.54) is 24.9 Å². The van der Waals surface area contributed by atoms with Gasteiger partial charge in [0.05, 0.1) is 6.04 Å². The summed E-state index contributed by atoms with van der Waals surface area (Å²) in [6.07, 6.45) is 3.28. The fraction of sp³-hybridized carbons (Fsp3) is 0.682. The van der Waals surface area contributed by atoms with Gasteiger partial charge in [-0.1, -0.05) is 51.1 Å². The third kappa shape index (κ3) is 4.47. The van der Waals surface area contributed by atoms with Gasteiger partial charge >= 0.3 is 0 Å². The molecule has 1 aliphatic heterocycles. The smallest absolute Gasteiger partial charge is 0.234 e. The lowest BCUT2D eigenvalue weighted by Gasteiger charge is -2.37. The third-order valence-electron chi connectivity index (χ3n) is 6.29. The van der Waals surface area contributed by atoms with Gasteiger partial charge in [0.2, 0.25) is 5.91 Å². The van der Waals surface area contributed by atoms with Gasteiger partial charge in [0.15, 0.2) is 0 Å². The van der Waals surface area contributed by atoms with E-state index in [0.717, 1.165) is 25.4 Å².